The third-order valence-electron chi connectivity index (χ3n) is 3.35. The van der Waals surface area contributed by atoms with Crippen molar-refractivity contribution in [1.82, 2.24) is 0 Å². The first-order valence-electron chi connectivity index (χ1n) is 8.31. The molecule has 0 saturated carbocycles. The van der Waals surface area contributed by atoms with E-state index in [2.05, 4.69) is 13.0 Å². The van der Waals surface area contributed by atoms with Gasteiger partial charge >= 0.3 is 0 Å². The Labute approximate surface area is 129 Å². The molecule has 0 saturated heterocycles. The zero-order valence-electron chi connectivity index (χ0n) is 13.5. The summed E-state index contributed by atoms with van der Waals surface area (Å²) in [5, 5.41) is 0. The van der Waals surface area contributed by atoms with Crippen LogP contribution in [0, 0.1) is 0 Å². The Morgan fingerprint density at radius 2 is 1.52 bits per heavy atom. The molecule has 0 atom stereocenters. The number of nitrogens with two attached hydrogens (primary N) is 1. The van der Waals surface area contributed by atoms with Gasteiger partial charge in [-0.3, -0.25) is 9.59 Å². The molecule has 3 nitrogen and oxygen atoms in total. The molecular weight excluding hydrogens is 262 g/mol. The number of hydrogen-bond acceptors (Lipinski definition) is 2. The maximum absolute atomic E-state index is 11.4. The molecule has 3 heteroatoms. The second-order valence-corrected chi connectivity index (χ2v) is 5.48. The van der Waals surface area contributed by atoms with Gasteiger partial charge in [-0.1, -0.05) is 63.7 Å². The van der Waals surface area contributed by atoms with Crippen LogP contribution >= 0.6 is 0 Å². The Morgan fingerprint density at radius 1 is 0.857 bits per heavy atom. The molecule has 0 aliphatic carbocycles. The second-order valence-electron chi connectivity index (χ2n) is 5.48. The van der Waals surface area contributed by atoms with Gasteiger partial charge in [0.25, 0.3) is 0 Å². The van der Waals surface area contributed by atoms with Crippen LogP contribution in [-0.4, -0.2) is 11.7 Å². The lowest BCUT2D eigenvalue weighted by Gasteiger charge is -1.98. The fourth-order valence-electron chi connectivity index (χ4n) is 2.08. The van der Waals surface area contributed by atoms with Crippen molar-refractivity contribution in [1.29, 1.82) is 0 Å². The molecule has 0 spiro atoms. The summed E-state index contributed by atoms with van der Waals surface area (Å²) in [6, 6.07) is 0. The Balaban J connectivity index is 3.43. The molecule has 0 heterocycles. The molecule has 0 aromatic rings. The molecule has 0 aromatic carbocycles. The summed E-state index contributed by atoms with van der Waals surface area (Å²) >= 11 is 0. The molecule has 2 N–H and O–H groups in total. The van der Waals surface area contributed by atoms with Gasteiger partial charge in [-0.15, -0.1) is 0 Å². The summed E-state index contributed by atoms with van der Waals surface area (Å²) in [6.45, 7) is 2.24. The summed E-state index contributed by atoms with van der Waals surface area (Å²) in [6.07, 6.45) is 18.9. The molecule has 0 aliphatic rings. The SMILES string of the molecule is CCCCCCCCC/C=C/C=C/C(=O)CCCC(N)=O. The van der Waals surface area contributed by atoms with E-state index in [1.165, 1.54) is 44.9 Å². The number of ketones is 1. The van der Waals surface area contributed by atoms with E-state index in [4.69, 9.17) is 5.73 Å². The van der Waals surface area contributed by atoms with E-state index in [9.17, 15) is 9.59 Å². The molecule has 1 amide bonds. The summed E-state index contributed by atoms with van der Waals surface area (Å²) in [5.41, 5.74) is 5.01. The smallest absolute Gasteiger partial charge is 0.217 e. The van der Waals surface area contributed by atoms with Crippen LogP contribution in [0.3, 0.4) is 0 Å². The maximum atomic E-state index is 11.4. The average molecular weight is 293 g/mol. The Hall–Kier alpha value is -1.38. The lowest BCUT2D eigenvalue weighted by atomic mass is 10.1. The van der Waals surface area contributed by atoms with Crippen molar-refractivity contribution < 1.29 is 9.59 Å². The van der Waals surface area contributed by atoms with Crippen molar-refractivity contribution in [3.63, 3.8) is 0 Å². The summed E-state index contributed by atoms with van der Waals surface area (Å²) < 4.78 is 0. The Bertz CT molecular complexity index is 332. The van der Waals surface area contributed by atoms with Crippen molar-refractivity contribution in [2.75, 3.05) is 0 Å². The Morgan fingerprint density at radius 3 is 2.19 bits per heavy atom. The topological polar surface area (TPSA) is 60.2 Å². The number of carbonyl (C=O) groups excluding carboxylic acids is 2. The standard InChI is InChI=1S/C18H31NO2/c1-2-3-4-5-6-7-8-9-10-11-12-14-17(20)15-13-16-18(19)21/h10-12,14H,2-9,13,15-16H2,1H3,(H2,19,21)/b11-10+,14-12+. The van der Waals surface area contributed by atoms with E-state index in [0.29, 0.717) is 12.8 Å². The van der Waals surface area contributed by atoms with Gasteiger partial charge in [0.1, 0.15) is 0 Å². The predicted molar refractivity (Wildman–Crippen MR) is 88.9 cm³/mol. The molecule has 0 rings (SSSR count). The quantitative estimate of drug-likeness (QED) is 0.292. The average Bonchev–Trinajstić information content (AvgIpc) is 2.44. The van der Waals surface area contributed by atoms with Gasteiger partial charge in [-0.25, -0.2) is 0 Å². The summed E-state index contributed by atoms with van der Waals surface area (Å²) in [4.78, 5) is 21.9. The van der Waals surface area contributed by atoms with Gasteiger partial charge in [0.2, 0.25) is 5.91 Å². The lowest BCUT2D eigenvalue weighted by molar-refractivity contribution is -0.118. The molecule has 0 fully saturated rings. The monoisotopic (exact) mass is 293 g/mol. The number of carbonyl (C=O) groups is 2. The van der Waals surface area contributed by atoms with Crippen molar-refractivity contribution in [3.05, 3.63) is 24.3 Å². The first-order valence-corrected chi connectivity index (χ1v) is 8.31. The van der Waals surface area contributed by atoms with Crippen LogP contribution in [0.2, 0.25) is 0 Å². The van der Waals surface area contributed by atoms with E-state index in [0.717, 1.165) is 6.42 Å². The number of rotatable bonds is 14. The fraction of sp³-hybridized carbons (Fsp3) is 0.667. The van der Waals surface area contributed by atoms with Gasteiger partial charge < -0.3 is 5.73 Å². The van der Waals surface area contributed by atoms with Gasteiger partial charge in [-0.2, -0.15) is 0 Å². The molecular formula is C18H31NO2. The van der Waals surface area contributed by atoms with Crippen LogP contribution in [0.5, 0.6) is 0 Å². The van der Waals surface area contributed by atoms with Crippen LogP contribution < -0.4 is 5.73 Å². The van der Waals surface area contributed by atoms with E-state index in [1.807, 2.05) is 6.08 Å². The van der Waals surface area contributed by atoms with Crippen LogP contribution in [-0.2, 0) is 9.59 Å². The number of primary amides is 1. The van der Waals surface area contributed by atoms with Gasteiger partial charge in [0, 0.05) is 12.8 Å². The highest BCUT2D eigenvalue weighted by atomic mass is 16.1. The molecule has 120 valence electrons. The highest BCUT2D eigenvalue weighted by molar-refractivity contribution is 5.90. The van der Waals surface area contributed by atoms with Crippen molar-refractivity contribution in [3.8, 4) is 0 Å². The van der Waals surface area contributed by atoms with E-state index in [1.54, 1.807) is 12.2 Å². The van der Waals surface area contributed by atoms with Gasteiger partial charge in [0.15, 0.2) is 5.78 Å². The number of unbranched alkanes of at least 4 members (excludes halogenated alkanes) is 7. The summed E-state index contributed by atoms with van der Waals surface area (Å²) in [5.74, 6) is -0.293. The third-order valence-corrected chi connectivity index (χ3v) is 3.35. The minimum absolute atomic E-state index is 0.0526. The third kappa shape index (κ3) is 16.6. The van der Waals surface area contributed by atoms with Crippen molar-refractivity contribution >= 4 is 11.7 Å². The van der Waals surface area contributed by atoms with E-state index in [-0.39, 0.29) is 18.1 Å². The largest absolute Gasteiger partial charge is 0.370 e. The van der Waals surface area contributed by atoms with E-state index >= 15 is 0 Å². The zero-order chi connectivity index (χ0) is 15.8. The number of hydrogen-bond donors (Lipinski definition) is 1. The first-order chi connectivity index (χ1) is 10.2. The van der Waals surface area contributed by atoms with E-state index < -0.39 is 0 Å². The van der Waals surface area contributed by atoms with Gasteiger partial charge in [-0.05, 0) is 25.3 Å². The molecule has 0 radical (unpaired) electrons. The van der Waals surface area contributed by atoms with Gasteiger partial charge in [0.05, 0.1) is 0 Å². The van der Waals surface area contributed by atoms with Crippen molar-refractivity contribution in [2.45, 2.75) is 77.6 Å². The predicted octanol–water partition coefficient (Wildman–Crippen LogP) is 4.46. The molecule has 21 heavy (non-hydrogen) atoms. The van der Waals surface area contributed by atoms with Crippen LogP contribution in [0.1, 0.15) is 77.6 Å². The Kier molecular flexibility index (Phi) is 14.0. The fourth-order valence-corrected chi connectivity index (χ4v) is 2.08. The van der Waals surface area contributed by atoms with Crippen LogP contribution in [0.15, 0.2) is 24.3 Å². The molecule has 0 aromatic heterocycles. The van der Waals surface area contributed by atoms with Crippen LogP contribution in [0.4, 0.5) is 0 Å². The molecule has 0 bridgehead atoms. The minimum atomic E-state index is -0.346. The maximum Gasteiger partial charge on any atom is 0.217 e. The van der Waals surface area contributed by atoms with Crippen molar-refractivity contribution in [2.24, 2.45) is 5.73 Å². The summed E-state index contributed by atoms with van der Waals surface area (Å²) in [7, 11) is 0. The number of amides is 1. The lowest BCUT2D eigenvalue weighted by Crippen LogP contribution is -2.10. The number of allylic oxidation sites excluding steroid dienone is 4. The zero-order valence-corrected chi connectivity index (χ0v) is 13.5. The molecule has 0 aliphatic heterocycles. The van der Waals surface area contributed by atoms with Crippen LogP contribution in [0.25, 0.3) is 0 Å². The second kappa shape index (κ2) is 15.0. The highest BCUT2D eigenvalue weighted by Gasteiger charge is 1.98. The first kappa shape index (κ1) is 19.6. The highest BCUT2D eigenvalue weighted by Crippen LogP contribution is 2.08. The normalized spacial score (nSPS) is 11.5. The molecule has 0 unspecified atom stereocenters. The minimum Gasteiger partial charge on any atom is -0.370 e.